The molecule has 4 atom stereocenters. The molecule has 0 spiro atoms. The van der Waals surface area contributed by atoms with Gasteiger partial charge in [-0.25, -0.2) is 4.79 Å². The van der Waals surface area contributed by atoms with E-state index < -0.39 is 31.9 Å². The van der Waals surface area contributed by atoms with Crippen LogP contribution in [0.3, 0.4) is 0 Å². The Morgan fingerprint density at radius 3 is 1.83 bits per heavy atom. The topological polar surface area (TPSA) is 78.9 Å². The summed E-state index contributed by atoms with van der Waals surface area (Å²) in [6.45, 7) is 9.73. The molecule has 0 saturated heterocycles. The molecule has 0 aliphatic carbocycles. The highest BCUT2D eigenvalue weighted by Gasteiger charge is 2.35. The molecule has 218 valence electrons. The SMILES string of the molecule is CCOC(=O)C[C@H](C)C[C@@H](C)[C@H](OC(=O)c1ccccc1P(c1ccccc1)c1ccccc1)[C@H](C)C(=O)OCC. The summed E-state index contributed by atoms with van der Waals surface area (Å²) in [5.41, 5.74) is 0.471. The van der Waals surface area contributed by atoms with Gasteiger partial charge in [-0.3, -0.25) is 9.59 Å². The van der Waals surface area contributed by atoms with E-state index in [1.165, 1.54) is 0 Å². The molecule has 7 heteroatoms. The maximum Gasteiger partial charge on any atom is 0.339 e. The summed E-state index contributed by atoms with van der Waals surface area (Å²) >= 11 is 0. The predicted molar refractivity (Wildman–Crippen MR) is 164 cm³/mol. The van der Waals surface area contributed by atoms with Gasteiger partial charge in [-0.05, 0) is 68.9 Å². The van der Waals surface area contributed by atoms with Gasteiger partial charge in [0.1, 0.15) is 6.10 Å². The minimum atomic E-state index is -1.04. The zero-order chi connectivity index (χ0) is 29.8. The van der Waals surface area contributed by atoms with Crippen LogP contribution in [0, 0.1) is 17.8 Å². The Balaban J connectivity index is 1.95. The van der Waals surface area contributed by atoms with Gasteiger partial charge >= 0.3 is 17.9 Å². The third kappa shape index (κ3) is 8.99. The van der Waals surface area contributed by atoms with E-state index in [4.69, 9.17) is 14.2 Å². The van der Waals surface area contributed by atoms with Crippen LogP contribution in [-0.2, 0) is 23.8 Å². The molecule has 0 fully saturated rings. The van der Waals surface area contributed by atoms with Gasteiger partial charge in [-0.2, -0.15) is 0 Å². The van der Waals surface area contributed by atoms with E-state index in [0.717, 1.165) is 15.9 Å². The third-order valence-electron chi connectivity index (χ3n) is 6.94. The van der Waals surface area contributed by atoms with Gasteiger partial charge in [0, 0.05) is 6.42 Å². The van der Waals surface area contributed by atoms with Gasteiger partial charge in [0.25, 0.3) is 0 Å². The number of hydrogen-bond donors (Lipinski definition) is 0. The maximum absolute atomic E-state index is 13.9. The monoisotopic (exact) mass is 576 g/mol. The summed E-state index contributed by atoms with van der Waals surface area (Å²) in [6, 6.07) is 27.9. The Kier molecular flexibility index (Phi) is 12.6. The van der Waals surface area contributed by atoms with Gasteiger partial charge in [-0.1, -0.05) is 92.7 Å². The first-order chi connectivity index (χ1) is 19.8. The molecule has 3 aromatic carbocycles. The average molecular weight is 577 g/mol. The maximum atomic E-state index is 13.9. The molecule has 3 rings (SSSR count). The summed E-state index contributed by atoms with van der Waals surface area (Å²) in [5, 5.41) is 3.12. The minimum Gasteiger partial charge on any atom is -0.466 e. The largest absolute Gasteiger partial charge is 0.466 e. The molecule has 3 aromatic rings. The van der Waals surface area contributed by atoms with E-state index in [1.54, 1.807) is 26.8 Å². The first kappa shape index (κ1) is 32.0. The van der Waals surface area contributed by atoms with E-state index in [2.05, 4.69) is 24.3 Å². The van der Waals surface area contributed by atoms with E-state index in [1.807, 2.05) is 68.4 Å². The van der Waals surface area contributed by atoms with Crippen molar-refractivity contribution in [1.29, 1.82) is 0 Å². The number of esters is 3. The summed E-state index contributed by atoms with van der Waals surface area (Å²) in [7, 11) is -1.04. The lowest BCUT2D eigenvalue weighted by atomic mass is 9.85. The predicted octanol–water partition coefficient (Wildman–Crippen LogP) is 5.78. The number of carbonyl (C=O) groups excluding carboxylic acids is 3. The lowest BCUT2D eigenvalue weighted by Crippen LogP contribution is -2.38. The van der Waals surface area contributed by atoms with Gasteiger partial charge in [0.05, 0.1) is 24.7 Å². The van der Waals surface area contributed by atoms with E-state index in [-0.39, 0.29) is 30.8 Å². The van der Waals surface area contributed by atoms with Crippen LogP contribution in [0.25, 0.3) is 0 Å². The van der Waals surface area contributed by atoms with Gasteiger partial charge in [0.2, 0.25) is 0 Å². The lowest BCUT2D eigenvalue weighted by molar-refractivity contribution is -0.153. The minimum absolute atomic E-state index is 0.0177. The highest BCUT2D eigenvalue weighted by molar-refractivity contribution is 7.80. The van der Waals surface area contributed by atoms with Crippen molar-refractivity contribution in [3.8, 4) is 0 Å². The van der Waals surface area contributed by atoms with Crippen molar-refractivity contribution in [1.82, 2.24) is 0 Å². The lowest BCUT2D eigenvalue weighted by Gasteiger charge is -2.30. The first-order valence-electron chi connectivity index (χ1n) is 14.3. The number of hydrogen-bond acceptors (Lipinski definition) is 6. The quantitative estimate of drug-likeness (QED) is 0.137. The second-order valence-corrected chi connectivity index (χ2v) is 12.4. The Hall–Kier alpha value is -3.50. The Morgan fingerprint density at radius 1 is 0.732 bits per heavy atom. The van der Waals surface area contributed by atoms with Crippen LogP contribution >= 0.6 is 7.92 Å². The summed E-state index contributed by atoms with van der Waals surface area (Å²) in [4.78, 5) is 38.8. The van der Waals surface area contributed by atoms with Crippen molar-refractivity contribution in [3.63, 3.8) is 0 Å². The Bertz CT molecular complexity index is 1220. The fraction of sp³-hybridized carbons (Fsp3) is 0.382. The second-order valence-electron chi connectivity index (χ2n) is 10.3. The van der Waals surface area contributed by atoms with Crippen molar-refractivity contribution in [2.45, 2.75) is 53.6 Å². The van der Waals surface area contributed by atoms with Gasteiger partial charge in [-0.15, -0.1) is 0 Å². The van der Waals surface area contributed by atoms with Crippen LogP contribution in [0.4, 0.5) is 0 Å². The number of rotatable bonds is 14. The van der Waals surface area contributed by atoms with Crippen LogP contribution in [-0.4, -0.2) is 37.2 Å². The van der Waals surface area contributed by atoms with Crippen LogP contribution < -0.4 is 15.9 Å². The molecule has 0 saturated carbocycles. The zero-order valence-corrected chi connectivity index (χ0v) is 25.5. The van der Waals surface area contributed by atoms with Gasteiger partial charge < -0.3 is 14.2 Å². The van der Waals surface area contributed by atoms with E-state index in [9.17, 15) is 14.4 Å². The fourth-order valence-electron chi connectivity index (χ4n) is 5.09. The number of ether oxygens (including phenoxy) is 3. The molecule has 41 heavy (non-hydrogen) atoms. The van der Waals surface area contributed by atoms with Crippen molar-refractivity contribution < 1.29 is 28.6 Å². The molecule has 0 bridgehead atoms. The molecule has 0 N–H and O–H groups in total. The smallest absolute Gasteiger partial charge is 0.339 e. The number of benzene rings is 3. The molecule has 0 unspecified atom stereocenters. The molecule has 0 aliphatic rings. The normalized spacial score (nSPS) is 14.0. The molecule has 0 radical (unpaired) electrons. The third-order valence-corrected chi connectivity index (χ3v) is 9.44. The van der Waals surface area contributed by atoms with Crippen LogP contribution in [0.15, 0.2) is 84.9 Å². The van der Waals surface area contributed by atoms with Gasteiger partial charge in [0.15, 0.2) is 0 Å². The molecule has 0 heterocycles. The van der Waals surface area contributed by atoms with Crippen LogP contribution in [0.1, 0.15) is 57.8 Å². The summed E-state index contributed by atoms with van der Waals surface area (Å²) < 4.78 is 16.6. The average Bonchev–Trinajstić information content (AvgIpc) is 2.97. The second kappa shape index (κ2) is 16.1. The van der Waals surface area contributed by atoms with Crippen LogP contribution in [0.5, 0.6) is 0 Å². The van der Waals surface area contributed by atoms with Crippen LogP contribution in [0.2, 0.25) is 0 Å². The fourth-order valence-corrected chi connectivity index (χ4v) is 7.52. The van der Waals surface area contributed by atoms with E-state index >= 15 is 0 Å². The molecular formula is C34H41O6P. The van der Waals surface area contributed by atoms with Crippen molar-refractivity contribution in [2.75, 3.05) is 13.2 Å². The molecule has 0 aromatic heterocycles. The summed E-state index contributed by atoms with van der Waals surface area (Å²) in [6.07, 6.45) is 0.0931. The molecular weight excluding hydrogens is 535 g/mol. The Morgan fingerprint density at radius 2 is 1.27 bits per heavy atom. The summed E-state index contributed by atoms with van der Waals surface area (Å²) in [5.74, 6) is -2.06. The number of carbonyl (C=O) groups is 3. The molecule has 6 nitrogen and oxygen atoms in total. The van der Waals surface area contributed by atoms with Crippen molar-refractivity contribution in [3.05, 3.63) is 90.5 Å². The Labute approximate surface area is 245 Å². The van der Waals surface area contributed by atoms with Crippen molar-refractivity contribution in [2.24, 2.45) is 17.8 Å². The zero-order valence-electron chi connectivity index (χ0n) is 24.6. The highest BCUT2D eigenvalue weighted by Crippen LogP contribution is 2.35. The molecule has 0 aliphatic heterocycles. The standard InChI is InChI=1S/C34H41O6P/c1-6-38-31(35)23-24(3)22-25(4)32(26(5)33(36)39-7-2)40-34(37)29-20-14-15-21-30(29)41(27-16-10-8-11-17-27)28-18-12-9-13-19-28/h8-21,24-26,32H,6-7,22-23H2,1-5H3/t24-,25-,26+,32+/m1/s1. The van der Waals surface area contributed by atoms with E-state index in [0.29, 0.717) is 18.6 Å². The highest BCUT2D eigenvalue weighted by atomic mass is 31.1. The van der Waals surface area contributed by atoms with Crippen molar-refractivity contribution >= 4 is 41.7 Å². The molecule has 0 amide bonds. The first-order valence-corrected chi connectivity index (χ1v) is 15.6.